The lowest BCUT2D eigenvalue weighted by atomic mass is 10.2. The molecule has 0 aliphatic rings. The summed E-state index contributed by atoms with van der Waals surface area (Å²) in [7, 11) is 1.56. The van der Waals surface area contributed by atoms with Gasteiger partial charge in [-0.25, -0.2) is 4.68 Å². The van der Waals surface area contributed by atoms with E-state index in [9.17, 15) is 18.0 Å². The van der Waals surface area contributed by atoms with Crippen LogP contribution in [0, 0.1) is 6.92 Å². The van der Waals surface area contributed by atoms with Crippen molar-refractivity contribution in [3.63, 3.8) is 0 Å². The highest BCUT2D eigenvalue weighted by atomic mass is 19.4. The first kappa shape index (κ1) is 19.0. The maximum absolute atomic E-state index is 13.5. The second-order valence-corrected chi connectivity index (χ2v) is 5.61. The van der Waals surface area contributed by atoms with Gasteiger partial charge in [0.15, 0.2) is 5.69 Å². The summed E-state index contributed by atoms with van der Waals surface area (Å²) in [5.74, 6) is -0.789. The smallest absolute Gasteiger partial charge is 0.385 e. The molecule has 1 aromatic carbocycles. The Kier molecular flexibility index (Phi) is 6.19. The standard InChI is InChI=1S/C17H20F3N3O2/c1-12-5-7-13(8-6-12)23-15(17(18,19)20)14(11-22-23)16(24)21-9-3-4-10-25-2/h5-8,11H,3-4,9-10H2,1-2H3,(H,21,24). The van der Waals surface area contributed by atoms with Crippen LogP contribution in [0.15, 0.2) is 30.5 Å². The molecule has 2 rings (SSSR count). The SMILES string of the molecule is COCCCCNC(=O)c1cnn(-c2ccc(C)cc2)c1C(F)(F)F. The third kappa shape index (κ3) is 4.82. The Morgan fingerprint density at radius 3 is 2.52 bits per heavy atom. The van der Waals surface area contributed by atoms with Gasteiger partial charge in [-0.15, -0.1) is 0 Å². The second kappa shape index (κ2) is 8.15. The van der Waals surface area contributed by atoms with E-state index in [0.717, 1.165) is 16.4 Å². The number of halogens is 3. The molecule has 8 heteroatoms. The molecule has 0 bridgehead atoms. The number of hydrogen-bond donors (Lipinski definition) is 1. The topological polar surface area (TPSA) is 56.1 Å². The van der Waals surface area contributed by atoms with E-state index in [-0.39, 0.29) is 12.2 Å². The quantitative estimate of drug-likeness (QED) is 0.775. The first-order valence-corrected chi connectivity index (χ1v) is 7.84. The molecular formula is C17H20F3N3O2. The van der Waals surface area contributed by atoms with Gasteiger partial charge in [-0.3, -0.25) is 4.79 Å². The largest absolute Gasteiger partial charge is 0.434 e. The van der Waals surface area contributed by atoms with E-state index in [0.29, 0.717) is 19.4 Å². The van der Waals surface area contributed by atoms with Gasteiger partial charge in [-0.2, -0.15) is 18.3 Å². The lowest BCUT2D eigenvalue weighted by Gasteiger charge is -2.13. The Morgan fingerprint density at radius 2 is 1.92 bits per heavy atom. The number of ether oxygens (including phenoxy) is 1. The van der Waals surface area contributed by atoms with Gasteiger partial charge >= 0.3 is 6.18 Å². The Balaban J connectivity index is 2.24. The van der Waals surface area contributed by atoms with Crippen molar-refractivity contribution >= 4 is 5.91 Å². The van der Waals surface area contributed by atoms with Gasteiger partial charge in [0.2, 0.25) is 0 Å². The first-order valence-electron chi connectivity index (χ1n) is 7.84. The zero-order chi connectivity index (χ0) is 18.4. The highest BCUT2D eigenvalue weighted by Crippen LogP contribution is 2.33. The molecule has 2 aromatic rings. The summed E-state index contributed by atoms with van der Waals surface area (Å²) in [6.07, 6.45) is -2.42. The number of aryl methyl sites for hydroxylation is 1. The lowest BCUT2D eigenvalue weighted by molar-refractivity contribution is -0.143. The number of carbonyl (C=O) groups is 1. The van der Waals surface area contributed by atoms with Crippen LogP contribution in [-0.2, 0) is 10.9 Å². The highest BCUT2D eigenvalue weighted by Gasteiger charge is 2.40. The van der Waals surface area contributed by atoms with Crippen molar-refractivity contribution in [3.05, 3.63) is 47.3 Å². The van der Waals surface area contributed by atoms with E-state index in [1.54, 1.807) is 19.2 Å². The first-order chi connectivity index (χ1) is 11.8. The molecule has 0 saturated heterocycles. The Bertz CT molecular complexity index is 709. The number of carbonyl (C=O) groups excluding carboxylic acids is 1. The summed E-state index contributed by atoms with van der Waals surface area (Å²) < 4.78 is 46.1. The molecule has 0 aliphatic heterocycles. The van der Waals surface area contributed by atoms with Gasteiger partial charge < -0.3 is 10.1 Å². The molecule has 0 radical (unpaired) electrons. The number of nitrogens with one attached hydrogen (secondary N) is 1. The van der Waals surface area contributed by atoms with Gasteiger partial charge in [-0.1, -0.05) is 17.7 Å². The van der Waals surface area contributed by atoms with Gasteiger partial charge in [0.05, 0.1) is 17.4 Å². The minimum Gasteiger partial charge on any atom is -0.385 e. The van der Waals surface area contributed by atoms with Crippen LogP contribution >= 0.6 is 0 Å². The molecular weight excluding hydrogens is 335 g/mol. The van der Waals surface area contributed by atoms with Gasteiger partial charge in [0.25, 0.3) is 5.91 Å². The zero-order valence-electron chi connectivity index (χ0n) is 14.1. The zero-order valence-corrected chi connectivity index (χ0v) is 14.1. The number of unbranched alkanes of at least 4 members (excludes halogenated alkanes) is 1. The molecule has 136 valence electrons. The highest BCUT2D eigenvalue weighted by molar-refractivity contribution is 5.95. The molecule has 1 N–H and O–H groups in total. The summed E-state index contributed by atoms with van der Waals surface area (Å²) in [5, 5.41) is 6.27. The fourth-order valence-corrected chi connectivity index (χ4v) is 2.34. The maximum atomic E-state index is 13.5. The molecule has 0 saturated carbocycles. The van der Waals surface area contributed by atoms with Crippen molar-refractivity contribution in [1.29, 1.82) is 0 Å². The lowest BCUT2D eigenvalue weighted by Crippen LogP contribution is -2.27. The van der Waals surface area contributed by atoms with Crippen molar-refractivity contribution in [2.45, 2.75) is 25.9 Å². The van der Waals surface area contributed by atoms with E-state index in [4.69, 9.17) is 4.74 Å². The average molecular weight is 355 g/mol. The van der Waals surface area contributed by atoms with Crippen molar-refractivity contribution in [2.75, 3.05) is 20.3 Å². The summed E-state index contributed by atoms with van der Waals surface area (Å²) in [6, 6.07) is 6.44. The molecule has 5 nitrogen and oxygen atoms in total. The number of nitrogens with zero attached hydrogens (tertiary/aromatic N) is 2. The average Bonchev–Trinajstić information content (AvgIpc) is 3.00. The number of amides is 1. The van der Waals surface area contributed by atoms with Gasteiger partial charge in [0.1, 0.15) is 0 Å². The number of benzene rings is 1. The van der Waals surface area contributed by atoms with Crippen LogP contribution in [-0.4, -0.2) is 35.9 Å². The van der Waals surface area contributed by atoms with Crippen LogP contribution < -0.4 is 5.32 Å². The normalized spacial score (nSPS) is 11.6. The van der Waals surface area contributed by atoms with Gasteiger partial charge in [0, 0.05) is 20.3 Å². The molecule has 0 spiro atoms. The Morgan fingerprint density at radius 1 is 1.24 bits per heavy atom. The maximum Gasteiger partial charge on any atom is 0.434 e. The fraction of sp³-hybridized carbons (Fsp3) is 0.412. The Hall–Kier alpha value is -2.35. The predicted octanol–water partition coefficient (Wildman–Crippen LogP) is 3.36. The molecule has 1 amide bonds. The summed E-state index contributed by atoms with van der Waals surface area (Å²) in [6.45, 7) is 2.64. The van der Waals surface area contributed by atoms with Crippen molar-refractivity contribution in [2.24, 2.45) is 0 Å². The Labute approximate surface area is 143 Å². The van der Waals surface area contributed by atoms with Crippen molar-refractivity contribution < 1.29 is 22.7 Å². The van der Waals surface area contributed by atoms with Crippen LogP contribution in [0.3, 0.4) is 0 Å². The molecule has 0 aliphatic carbocycles. The van der Waals surface area contributed by atoms with Crippen LogP contribution in [0.2, 0.25) is 0 Å². The van der Waals surface area contributed by atoms with Gasteiger partial charge in [-0.05, 0) is 31.9 Å². The summed E-state index contributed by atoms with van der Waals surface area (Å²) in [4.78, 5) is 12.1. The summed E-state index contributed by atoms with van der Waals surface area (Å²) in [5.41, 5.74) is -0.402. The number of aromatic nitrogens is 2. The molecule has 0 atom stereocenters. The second-order valence-electron chi connectivity index (χ2n) is 5.61. The predicted molar refractivity (Wildman–Crippen MR) is 86.7 cm³/mol. The van der Waals surface area contributed by atoms with E-state index in [1.807, 2.05) is 6.92 Å². The monoisotopic (exact) mass is 355 g/mol. The molecule has 1 heterocycles. The molecule has 1 aromatic heterocycles. The van der Waals surface area contributed by atoms with E-state index in [1.165, 1.54) is 12.1 Å². The van der Waals surface area contributed by atoms with E-state index < -0.39 is 23.3 Å². The van der Waals surface area contributed by atoms with Crippen LogP contribution in [0.5, 0.6) is 0 Å². The van der Waals surface area contributed by atoms with E-state index >= 15 is 0 Å². The molecule has 25 heavy (non-hydrogen) atoms. The number of hydrogen-bond acceptors (Lipinski definition) is 3. The number of rotatable bonds is 7. The third-order valence-corrected chi connectivity index (χ3v) is 3.62. The minimum atomic E-state index is -4.70. The summed E-state index contributed by atoms with van der Waals surface area (Å²) >= 11 is 0. The van der Waals surface area contributed by atoms with Crippen LogP contribution in [0.25, 0.3) is 5.69 Å². The molecule has 0 unspecified atom stereocenters. The molecule has 0 fully saturated rings. The van der Waals surface area contributed by atoms with Crippen LogP contribution in [0.1, 0.15) is 34.5 Å². The van der Waals surface area contributed by atoms with Crippen molar-refractivity contribution in [3.8, 4) is 5.69 Å². The third-order valence-electron chi connectivity index (χ3n) is 3.62. The number of alkyl halides is 3. The fourth-order valence-electron chi connectivity index (χ4n) is 2.34. The van der Waals surface area contributed by atoms with Crippen LogP contribution in [0.4, 0.5) is 13.2 Å². The minimum absolute atomic E-state index is 0.247. The number of methoxy groups -OCH3 is 1. The van der Waals surface area contributed by atoms with E-state index in [2.05, 4.69) is 10.4 Å². The van der Waals surface area contributed by atoms with Crippen molar-refractivity contribution in [1.82, 2.24) is 15.1 Å².